The van der Waals surface area contributed by atoms with E-state index >= 15 is 0 Å². The number of amides is 1. The molecule has 0 saturated carbocycles. The standard InChI is InChI=1S/C22H23N3O3S/c1-14-12-17-6-4-5-7-19(17)25(14)21(26)15(2)29-22-24-23-20(28-22)13-16-8-10-18(27-3)11-9-16/h4-11,14-15H,12-13H2,1-3H3/t14-,15+/m1/s1. The monoisotopic (exact) mass is 409 g/mol. The molecule has 4 rings (SSSR count). The van der Waals surface area contributed by atoms with Crippen molar-refractivity contribution in [1.29, 1.82) is 0 Å². The summed E-state index contributed by atoms with van der Waals surface area (Å²) in [6.07, 6.45) is 1.42. The molecule has 7 heteroatoms. The van der Waals surface area contributed by atoms with Crippen molar-refractivity contribution < 1.29 is 13.9 Å². The molecule has 0 fully saturated rings. The number of benzene rings is 2. The van der Waals surface area contributed by atoms with E-state index in [9.17, 15) is 4.79 Å². The second-order valence-electron chi connectivity index (χ2n) is 7.14. The Labute approximate surface area is 174 Å². The average molecular weight is 410 g/mol. The maximum Gasteiger partial charge on any atom is 0.277 e. The van der Waals surface area contributed by atoms with E-state index < -0.39 is 0 Å². The zero-order valence-electron chi connectivity index (χ0n) is 16.7. The van der Waals surface area contributed by atoms with Gasteiger partial charge in [-0.25, -0.2) is 0 Å². The quantitative estimate of drug-likeness (QED) is 0.570. The van der Waals surface area contributed by atoms with Crippen LogP contribution in [0.5, 0.6) is 5.75 Å². The lowest BCUT2D eigenvalue weighted by atomic mass is 10.1. The van der Waals surface area contributed by atoms with Gasteiger partial charge in [-0.15, -0.1) is 10.2 Å². The van der Waals surface area contributed by atoms with Crippen molar-refractivity contribution in [3.63, 3.8) is 0 Å². The Balaban J connectivity index is 1.41. The fraction of sp³-hybridized carbons (Fsp3) is 0.318. The van der Waals surface area contributed by atoms with Crippen LogP contribution < -0.4 is 9.64 Å². The van der Waals surface area contributed by atoms with E-state index in [1.54, 1.807) is 7.11 Å². The van der Waals surface area contributed by atoms with Crippen LogP contribution in [-0.4, -0.2) is 34.5 Å². The molecule has 2 heterocycles. The van der Waals surface area contributed by atoms with E-state index in [0.29, 0.717) is 17.5 Å². The molecule has 1 aliphatic rings. The van der Waals surface area contributed by atoms with E-state index in [1.807, 2.05) is 54.3 Å². The first-order chi connectivity index (χ1) is 14.0. The minimum Gasteiger partial charge on any atom is -0.497 e. The number of hydrogen-bond acceptors (Lipinski definition) is 6. The summed E-state index contributed by atoms with van der Waals surface area (Å²) in [4.78, 5) is 15.0. The fourth-order valence-electron chi connectivity index (χ4n) is 3.57. The molecule has 0 saturated heterocycles. The van der Waals surface area contributed by atoms with Gasteiger partial charge in [0, 0.05) is 11.7 Å². The molecule has 29 heavy (non-hydrogen) atoms. The highest BCUT2D eigenvalue weighted by atomic mass is 32.2. The molecule has 1 amide bonds. The van der Waals surface area contributed by atoms with Crippen molar-refractivity contribution in [2.24, 2.45) is 0 Å². The van der Waals surface area contributed by atoms with Gasteiger partial charge in [-0.05, 0) is 49.6 Å². The van der Waals surface area contributed by atoms with E-state index in [-0.39, 0.29) is 17.2 Å². The van der Waals surface area contributed by atoms with Crippen molar-refractivity contribution in [2.45, 2.75) is 43.2 Å². The summed E-state index contributed by atoms with van der Waals surface area (Å²) >= 11 is 1.30. The lowest BCUT2D eigenvalue weighted by molar-refractivity contribution is -0.118. The summed E-state index contributed by atoms with van der Waals surface area (Å²) in [7, 11) is 1.64. The van der Waals surface area contributed by atoms with Crippen molar-refractivity contribution >= 4 is 23.4 Å². The predicted molar refractivity (Wildman–Crippen MR) is 113 cm³/mol. The average Bonchev–Trinajstić information content (AvgIpc) is 3.30. The molecule has 0 spiro atoms. The smallest absolute Gasteiger partial charge is 0.277 e. The van der Waals surface area contributed by atoms with Gasteiger partial charge in [-0.2, -0.15) is 0 Å². The molecule has 0 unspecified atom stereocenters. The number of nitrogens with zero attached hydrogens (tertiary/aromatic N) is 3. The van der Waals surface area contributed by atoms with Crippen molar-refractivity contribution in [2.75, 3.05) is 12.0 Å². The van der Waals surface area contributed by atoms with Crippen LogP contribution in [0, 0.1) is 0 Å². The second kappa shape index (κ2) is 8.29. The van der Waals surface area contributed by atoms with Gasteiger partial charge in [0.15, 0.2) is 0 Å². The highest BCUT2D eigenvalue weighted by molar-refractivity contribution is 8.00. The number of rotatable bonds is 6. The highest BCUT2D eigenvalue weighted by Gasteiger charge is 2.34. The zero-order valence-corrected chi connectivity index (χ0v) is 17.5. The predicted octanol–water partition coefficient (Wildman–Crippen LogP) is 4.13. The summed E-state index contributed by atoms with van der Waals surface area (Å²) in [5, 5.41) is 8.32. The van der Waals surface area contributed by atoms with Gasteiger partial charge in [-0.1, -0.05) is 42.1 Å². The first kappa shape index (κ1) is 19.5. The minimum absolute atomic E-state index is 0.0577. The Hall–Kier alpha value is -2.80. The van der Waals surface area contributed by atoms with Gasteiger partial charge in [0.25, 0.3) is 5.22 Å². The third-order valence-corrected chi connectivity index (χ3v) is 5.95. The maximum atomic E-state index is 13.1. The third kappa shape index (κ3) is 4.15. The van der Waals surface area contributed by atoms with Gasteiger partial charge in [0.05, 0.1) is 18.8 Å². The lowest BCUT2D eigenvalue weighted by Gasteiger charge is -2.25. The summed E-state index contributed by atoms with van der Waals surface area (Å²) in [6.45, 7) is 3.96. The third-order valence-electron chi connectivity index (χ3n) is 5.03. The molecule has 0 aliphatic carbocycles. The molecule has 3 aromatic rings. The van der Waals surface area contributed by atoms with E-state index in [4.69, 9.17) is 9.15 Å². The van der Waals surface area contributed by atoms with Crippen LogP contribution in [0.15, 0.2) is 58.2 Å². The number of methoxy groups -OCH3 is 1. The van der Waals surface area contributed by atoms with Gasteiger partial charge in [-0.3, -0.25) is 4.79 Å². The Morgan fingerprint density at radius 1 is 1.24 bits per heavy atom. The first-order valence-electron chi connectivity index (χ1n) is 9.58. The van der Waals surface area contributed by atoms with Crippen LogP contribution in [0.2, 0.25) is 0 Å². The summed E-state index contributed by atoms with van der Waals surface area (Å²) < 4.78 is 10.9. The van der Waals surface area contributed by atoms with Crippen LogP contribution in [0.3, 0.4) is 0 Å². The molecular formula is C22H23N3O3S. The molecule has 2 atom stereocenters. The molecule has 1 aliphatic heterocycles. The van der Waals surface area contributed by atoms with Crippen molar-refractivity contribution in [3.05, 3.63) is 65.5 Å². The molecule has 6 nitrogen and oxygen atoms in total. The fourth-order valence-corrected chi connectivity index (χ4v) is 4.32. The van der Waals surface area contributed by atoms with Crippen LogP contribution in [0.4, 0.5) is 5.69 Å². The van der Waals surface area contributed by atoms with Gasteiger partial charge in [0.2, 0.25) is 11.8 Å². The number of para-hydroxylation sites is 1. The lowest BCUT2D eigenvalue weighted by Crippen LogP contribution is -2.40. The molecule has 150 valence electrons. The Bertz CT molecular complexity index is 1000. The maximum absolute atomic E-state index is 13.1. The topological polar surface area (TPSA) is 68.5 Å². The summed E-state index contributed by atoms with van der Waals surface area (Å²) in [5.41, 5.74) is 3.27. The Morgan fingerprint density at radius 3 is 2.76 bits per heavy atom. The largest absolute Gasteiger partial charge is 0.497 e. The summed E-state index contributed by atoms with van der Waals surface area (Å²) in [6, 6.07) is 16.0. The molecular weight excluding hydrogens is 386 g/mol. The number of fused-ring (bicyclic) bond motifs is 1. The van der Waals surface area contributed by atoms with Gasteiger partial charge in [0.1, 0.15) is 5.75 Å². The summed E-state index contributed by atoms with van der Waals surface area (Å²) in [5.74, 6) is 1.39. The van der Waals surface area contributed by atoms with Crippen molar-refractivity contribution in [3.8, 4) is 5.75 Å². The highest BCUT2D eigenvalue weighted by Crippen LogP contribution is 2.34. The Morgan fingerprint density at radius 2 is 2.00 bits per heavy atom. The number of thioether (sulfide) groups is 1. The molecule has 1 aromatic heterocycles. The zero-order chi connectivity index (χ0) is 20.4. The van der Waals surface area contributed by atoms with Crippen LogP contribution in [0.25, 0.3) is 0 Å². The van der Waals surface area contributed by atoms with Gasteiger partial charge >= 0.3 is 0 Å². The second-order valence-corrected chi connectivity index (χ2v) is 8.43. The molecule has 0 radical (unpaired) electrons. The Kier molecular flexibility index (Phi) is 5.58. The number of anilines is 1. The minimum atomic E-state index is -0.321. The number of carbonyl (C=O) groups excluding carboxylic acids is 1. The number of carbonyl (C=O) groups is 1. The van der Waals surface area contributed by atoms with E-state index in [1.165, 1.54) is 17.3 Å². The molecule has 2 aromatic carbocycles. The van der Waals surface area contributed by atoms with Gasteiger partial charge < -0.3 is 14.1 Å². The van der Waals surface area contributed by atoms with E-state index in [0.717, 1.165) is 23.4 Å². The van der Waals surface area contributed by atoms with Crippen LogP contribution in [-0.2, 0) is 17.6 Å². The molecule has 0 N–H and O–H groups in total. The number of aromatic nitrogens is 2. The first-order valence-corrected chi connectivity index (χ1v) is 10.5. The number of hydrogen-bond donors (Lipinski definition) is 0. The van der Waals surface area contributed by atoms with Crippen LogP contribution >= 0.6 is 11.8 Å². The van der Waals surface area contributed by atoms with E-state index in [2.05, 4.69) is 23.2 Å². The van der Waals surface area contributed by atoms with Crippen LogP contribution in [0.1, 0.15) is 30.9 Å². The normalized spacial score (nSPS) is 16.5. The SMILES string of the molecule is COc1ccc(Cc2nnc(S[C@@H](C)C(=O)N3c4ccccc4C[C@H]3C)o2)cc1. The molecule has 0 bridgehead atoms. The number of ether oxygens (including phenoxy) is 1. The van der Waals surface area contributed by atoms with Crippen molar-refractivity contribution in [1.82, 2.24) is 10.2 Å².